The molecule has 4 rings (SSSR count). The Morgan fingerprint density at radius 2 is 1.92 bits per heavy atom. The summed E-state index contributed by atoms with van der Waals surface area (Å²) in [6.07, 6.45) is 8.51. The number of aromatic nitrogens is 1. The molecule has 2 fully saturated rings. The van der Waals surface area contributed by atoms with Gasteiger partial charge in [0.05, 0.1) is 10.6 Å². The van der Waals surface area contributed by atoms with E-state index >= 15 is 0 Å². The Hall–Kier alpha value is -2.11. The highest BCUT2D eigenvalue weighted by molar-refractivity contribution is 6.32. The van der Waals surface area contributed by atoms with Crippen LogP contribution in [0.1, 0.15) is 32.1 Å². The third kappa shape index (κ3) is 3.10. The van der Waals surface area contributed by atoms with E-state index in [0.29, 0.717) is 27.6 Å². The lowest BCUT2D eigenvalue weighted by molar-refractivity contribution is -0.135. The average Bonchev–Trinajstić information content (AvgIpc) is 2.53. The van der Waals surface area contributed by atoms with Gasteiger partial charge in [-0.3, -0.25) is 9.78 Å². The van der Waals surface area contributed by atoms with E-state index in [0.717, 1.165) is 12.8 Å². The van der Waals surface area contributed by atoms with Crippen LogP contribution in [-0.4, -0.2) is 16.4 Å². The van der Waals surface area contributed by atoms with Crippen LogP contribution in [-0.2, 0) is 4.79 Å². The molecule has 2 aliphatic carbocycles. The number of hydrogen-bond acceptors (Lipinski definition) is 4. The molecule has 0 radical (unpaired) electrons. The monoisotopic (exact) mass is 357 g/mol. The lowest BCUT2D eigenvalue weighted by Crippen LogP contribution is -2.66. The van der Waals surface area contributed by atoms with Crippen LogP contribution in [0.4, 0.5) is 5.69 Å². The molecule has 1 aromatic heterocycles. The molecule has 0 aliphatic heterocycles. The van der Waals surface area contributed by atoms with Crippen molar-refractivity contribution in [1.29, 1.82) is 0 Å². The van der Waals surface area contributed by atoms with E-state index in [1.165, 1.54) is 19.3 Å². The minimum atomic E-state index is -0.751. The number of rotatable bonds is 4. The number of halogens is 1. The smallest absolute Gasteiger partial charge is 0.244 e. The van der Waals surface area contributed by atoms with Crippen LogP contribution in [0.3, 0.4) is 0 Å². The second kappa shape index (κ2) is 6.00. The second-order valence-corrected chi connectivity index (χ2v) is 7.65. The summed E-state index contributed by atoms with van der Waals surface area (Å²) in [5, 5.41) is 3.31. The quantitative estimate of drug-likeness (QED) is 0.862. The van der Waals surface area contributed by atoms with Gasteiger partial charge >= 0.3 is 0 Å². The predicted octanol–water partition coefficient (Wildman–Crippen LogP) is 4.13. The maximum atomic E-state index is 12.5. The van der Waals surface area contributed by atoms with E-state index in [1.54, 1.807) is 42.7 Å². The minimum Gasteiger partial charge on any atom is -0.456 e. The summed E-state index contributed by atoms with van der Waals surface area (Å²) < 4.78 is 5.71. The van der Waals surface area contributed by atoms with Crippen molar-refractivity contribution >= 4 is 23.2 Å². The lowest BCUT2D eigenvalue weighted by atomic mass is 9.48. The first-order valence-electron chi connectivity index (χ1n) is 8.46. The Morgan fingerprint density at radius 3 is 2.52 bits per heavy atom. The molecule has 0 bridgehead atoms. The van der Waals surface area contributed by atoms with Gasteiger partial charge in [0.1, 0.15) is 11.5 Å². The first-order chi connectivity index (χ1) is 12.0. The Balaban J connectivity index is 1.41. The fraction of sp³-hybridized carbons (Fsp3) is 0.368. The fourth-order valence-corrected chi connectivity index (χ4v) is 4.15. The van der Waals surface area contributed by atoms with Gasteiger partial charge in [-0.15, -0.1) is 0 Å². The summed E-state index contributed by atoms with van der Waals surface area (Å²) >= 11 is 6.28. The van der Waals surface area contributed by atoms with E-state index in [1.807, 2.05) is 0 Å². The van der Waals surface area contributed by atoms with E-state index < -0.39 is 5.54 Å². The van der Waals surface area contributed by atoms with Crippen LogP contribution < -0.4 is 15.8 Å². The largest absolute Gasteiger partial charge is 0.456 e. The summed E-state index contributed by atoms with van der Waals surface area (Å²) in [6, 6.07) is 8.67. The first kappa shape index (κ1) is 16.4. The van der Waals surface area contributed by atoms with Gasteiger partial charge in [-0.2, -0.15) is 0 Å². The summed E-state index contributed by atoms with van der Waals surface area (Å²) in [7, 11) is 0. The van der Waals surface area contributed by atoms with Gasteiger partial charge in [0, 0.05) is 18.1 Å². The zero-order valence-corrected chi connectivity index (χ0v) is 14.6. The number of nitrogens with two attached hydrogens (primary N) is 1. The molecule has 2 aromatic rings. The summed E-state index contributed by atoms with van der Waals surface area (Å²) in [6.45, 7) is 0. The van der Waals surface area contributed by atoms with Gasteiger partial charge in [0.2, 0.25) is 5.91 Å². The first-order valence-corrected chi connectivity index (χ1v) is 8.84. The topological polar surface area (TPSA) is 77.2 Å². The van der Waals surface area contributed by atoms with Gasteiger partial charge in [-0.25, -0.2) is 0 Å². The third-order valence-electron chi connectivity index (χ3n) is 5.31. The zero-order chi connectivity index (χ0) is 17.5. The maximum Gasteiger partial charge on any atom is 0.244 e. The number of pyridine rings is 1. The minimum absolute atomic E-state index is 0.135. The SMILES string of the molecule is NC1(C(=O)Nc2ccc(Oc3ccncc3)c(Cl)c2)CC2(CCC2)C1. The molecule has 3 N–H and O–H groups in total. The van der Waals surface area contributed by atoms with E-state index in [9.17, 15) is 4.79 Å². The van der Waals surface area contributed by atoms with Crippen LogP contribution in [0, 0.1) is 5.41 Å². The predicted molar refractivity (Wildman–Crippen MR) is 96.8 cm³/mol. The van der Waals surface area contributed by atoms with Crippen LogP contribution in [0.2, 0.25) is 5.02 Å². The highest BCUT2D eigenvalue weighted by Gasteiger charge is 2.58. The molecule has 0 saturated heterocycles. The number of benzene rings is 1. The Labute approximate surface area is 151 Å². The van der Waals surface area contributed by atoms with Gasteiger partial charge in [-0.05, 0) is 61.4 Å². The average molecular weight is 358 g/mol. The molecule has 2 saturated carbocycles. The number of carbonyl (C=O) groups is 1. The highest BCUT2D eigenvalue weighted by atomic mass is 35.5. The van der Waals surface area contributed by atoms with Gasteiger partial charge in [-0.1, -0.05) is 18.0 Å². The molecular formula is C19H20ClN3O2. The molecule has 1 aromatic carbocycles. The molecule has 130 valence electrons. The lowest BCUT2D eigenvalue weighted by Gasteiger charge is -2.58. The van der Waals surface area contributed by atoms with E-state index in [-0.39, 0.29) is 5.91 Å². The molecule has 5 nitrogen and oxygen atoms in total. The molecule has 0 atom stereocenters. The van der Waals surface area contributed by atoms with Crippen LogP contribution >= 0.6 is 11.6 Å². The number of nitrogens with zero attached hydrogens (tertiary/aromatic N) is 1. The van der Waals surface area contributed by atoms with Gasteiger partial charge < -0.3 is 15.8 Å². The Morgan fingerprint density at radius 1 is 1.20 bits per heavy atom. The molecule has 6 heteroatoms. The van der Waals surface area contributed by atoms with Crippen molar-refractivity contribution in [2.45, 2.75) is 37.6 Å². The van der Waals surface area contributed by atoms with Crippen molar-refractivity contribution in [3.05, 3.63) is 47.7 Å². The summed E-state index contributed by atoms with van der Waals surface area (Å²) in [4.78, 5) is 16.5. The zero-order valence-electron chi connectivity index (χ0n) is 13.8. The second-order valence-electron chi connectivity index (χ2n) is 7.25. The van der Waals surface area contributed by atoms with Crippen LogP contribution in [0.5, 0.6) is 11.5 Å². The normalized spacial score (nSPS) is 19.6. The molecule has 1 amide bonds. The van der Waals surface area contributed by atoms with E-state index in [2.05, 4.69) is 10.3 Å². The number of ether oxygens (including phenoxy) is 1. The van der Waals surface area contributed by atoms with Crippen molar-refractivity contribution in [3.63, 3.8) is 0 Å². The summed E-state index contributed by atoms with van der Waals surface area (Å²) in [5.74, 6) is 1.03. The van der Waals surface area contributed by atoms with Crippen molar-refractivity contribution < 1.29 is 9.53 Å². The molecular weight excluding hydrogens is 338 g/mol. The number of amides is 1. The van der Waals surface area contributed by atoms with Gasteiger partial charge in [0.15, 0.2) is 0 Å². The summed E-state index contributed by atoms with van der Waals surface area (Å²) in [5.41, 5.74) is 6.48. The van der Waals surface area contributed by atoms with Crippen molar-refractivity contribution in [2.24, 2.45) is 11.1 Å². The highest BCUT2D eigenvalue weighted by Crippen LogP contribution is 2.59. The van der Waals surface area contributed by atoms with Crippen LogP contribution in [0.25, 0.3) is 0 Å². The Bertz CT molecular complexity index is 798. The van der Waals surface area contributed by atoms with Crippen molar-refractivity contribution in [3.8, 4) is 11.5 Å². The number of nitrogens with one attached hydrogen (secondary N) is 1. The standard InChI is InChI=1S/C19H20ClN3O2/c20-15-10-13(2-3-16(15)25-14-4-8-22-9-5-14)23-17(24)19(21)11-18(12-19)6-1-7-18/h2-5,8-10H,1,6-7,11-12,21H2,(H,23,24). The molecule has 2 aliphatic rings. The molecule has 1 spiro atoms. The Kier molecular flexibility index (Phi) is 3.93. The van der Waals surface area contributed by atoms with E-state index in [4.69, 9.17) is 22.1 Å². The molecule has 1 heterocycles. The molecule has 25 heavy (non-hydrogen) atoms. The number of carbonyl (C=O) groups excluding carboxylic acids is 1. The van der Waals surface area contributed by atoms with Crippen molar-refractivity contribution in [1.82, 2.24) is 4.98 Å². The van der Waals surface area contributed by atoms with Crippen molar-refractivity contribution in [2.75, 3.05) is 5.32 Å². The molecule has 0 unspecified atom stereocenters. The number of anilines is 1. The van der Waals surface area contributed by atoms with Crippen LogP contribution in [0.15, 0.2) is 42.7 Å². The maximum absolute atomic E-state index is 12.5. The number of hydrogen-bond donors (Lipinski definition) is 2. The van der Waals surface area contributed by atoms with Gasteiger partial charge in [0.25, 0.3) is 0 Å². The fourth-order valence-electron chi connectivity index (χ4n) is 3.93. The third-order valence-corrected chi connectivity index (χ3v) is 5.61.